The van der Waals surface area contributed by atoms with Gasteiger partial charge in [0.2, 0.25) is 5.91 Å². The molecule has 11 heteroatoms. The van der Waals surface area contributed by atoms with E-state index in [1.165, 1.54) is 31.2 Å². The van der Waals surface area contributed by atoms with Crippen LogP contribution in [0.15, 0.2) is 53.1 Å². The van der Waals surface area contributed by atoms with Crippen LogP contribution in [0.25, 0.3) is 11.3 Å². The third kappa shape index (κ3) is 8.62. The molecule has 0 aliphatic heterocycles. The molecular weight excluding hydrogens is 512 g/mol. The monoisotopic (exact) mass is 543 g/mol. The molecule has 3 rings (SSSR count). The number of amides is 2. The van der Waals surface area contributed by atoms with Crippen LogP contribution >= 0.6 is 0 Å². The van der Waals surface area contributed by atoms with E-state index in [2.05, 4.69) is 15.2 Å². The molecule has 39 heavy (non-hydrogen) atoms. The van der Waals surface area contributed by atoms with Gasteiger partial charge in [0.15, 0.2) is 23.2 Å². The summed E-state index contributed by atoms with van der Waals surface area (Å²) in [6, 6.07) is 12.4. The first-order chi connectivity index (χ1) is 18.7. The molecule has 2 aromatic carbocycles. The minimum atomic E-state index is -0.985. The summed E-state index contributed by atoms with van der Waals surface area (Å²) in [5.74, 6) is -2.11. The molecule has 0 saturated heterocycles. The Hall–Kier alpha value is -4.28. The van der Waals surface area contributed by atoms with Crippen LogP contribution in [0.4, 0.5) is 19.4 Å². The molecule has 0 aliphatic rings. The maximum absolute atomic E-state index is 14.0. The number of halogens is 2. The van der Waals surface area contributed by atoms with Crippen molar-refractivity contribution >= 4 is 23.8 Å². The maximum Gasteiger partial charge on any atom is 0.412 e. The number of ether oxygens (including phenoxy) is 2. The quantitative estimate of drug-likeness (QED) is 0.310. The lowest BCUT2D eigenvalue weighted by Crippen LogP contribution is -2.41. The molecule has 1 heterocycles. The zero-order valence-corrected chi connectivity index (χ0v) is 22.0. The molecule has 1 N–H and O–H groups in total. The number of carbonyl (C=O) groups is 3. The highest BCUT2D eigenvalue weighted by molar-refractivity contribution is 5.84. The van der Waals surface area contributed by atoms with Crippen molar-refractivity contribution in [3.63, 3.8) is 0 Å². The van der Waals surface area contributed by atoms with Gasteiger partial charge in [0.05, 0.1) is 13.2 Å². The van der Waals surface area contributed by atoms with Gasteiger partial charge in [-0.15, -0.1) is 0 Å². The summed E-state index contributed by atoms with van der Waals surface area (Å²) >= 11 is 0. The van der Waals surface area contributed by atoms with Crippen molar-refractivity contribution in [1.29, 1.82) is 0 Å². The fraction of sp³-hybridized carbons (Fsp3) is 0.357. The normalized spacial score (nSPS) is 11.5. The van der Waals surface area contributed by atoms with Crippen molar-refractivity contribution in [1.82, 2.24) is 10.1 Å². The van der Waals surface area contributed by atoms with Crippen molar-refractivity contribution in [3.8, 4) is 11.3 Å². The highest BCUT2D eigenvalue weighted by Crippen LogP contribution is 2.23. The largest absolute Gasteiger partial charge is 0.469 e. The third-order valence-electron chi connectivity index (χ3n) is 6.21. The number of hydrogen-bond donors (Lipinski definition) is 1. The molecule has 2 amide bonds. The molecular formula is C28H31F2N3O6. The predicted molar refractivity (Wildman–Crippen MR) is 139 cm³/mol. The van der Waals surface area contributed by atoms with Crippen molar-refractivity contribution in [2.24, 2.45) is 0 Å². The molecule has 208 valence electrons. The van der Waals surface area contributed by atoms with Gasteiger partial charge in [-0.1, -0.05) is 47.1 Å². The summed E-state index contributed by atoms with van der Waals surface area (Å²) in [6.45, 7) is 1.79. The predicted octanol–water partition coefficient (Wildman–Crippen LogP) is 5.28. The third-order valence-corrected chi connectivity index (χ3v) is 6.21. The van der Waals surface area contributed by atoms with E-state index >= 15 is 0 Å². The van der Waals surface area contributed by atoms with E-state index in [9.17, 15) is 23.2 Å². The van der Waals surface area contributed by atoms with Gasteiger partial charge in [-0.3, -0.25) is 14.9 Å². The number of methoxy groups -OCH3 is 1. The first kappa shape index (κ1) is 29.3. The number of rotatable bonds is 12. The van der Waals surface area contributed by atoms with Gasteiger partial charge in [-0.2, -0.15) is 0 Å². The number of esters is 1. The molecule has 0 saturated carbocycles. The topological polar surface area (TPSA) is 111 Å². The van der Waals surface area contributed by atoms with E-state index in [-0.39, 0.29) is 43.2 Å². The molecule has 9 nitrogen and oxygen atoms in total. The molecule has 0 spiro atoms. The minimum Gasteiger partial charge on any atom is -0.469 e. The van der Waals surface area contributed by atoms with Crippen LogP contribution in [0.5, 0.6) is 0 Å². The van der Waals surface area contributed by atoms with E-state index in [1.54, 1.807) is 6.07 Å². The lowest BCUT2D eigenvalue weighted by molar-refractivity contribution is -0.140. The second kappa shape index (κ2) is 14.0. The lowest BCUT2D eigenvalue weighted by Gasteiger charge is -2.28. The van der Waals surface area contributed by atoms with Crippen molar-refractivity contribution < 1.29 is 37.2 Å². The molecule has 0 aliphatic carbocycles. The Morgan fingerprint density at radius 2 is 1.85 bits per heavy atom. The number of likely N-dealkylation sites (N-methyl/N-ethyl adjacent to an activating group) is 1. The SMILES string of the molecule is COC(=O)CCC[C@@H](COC(=O)Nc1cc(-c2ccc(C)cc2)on1)N(C)C(=O)CCc1cccc(F)c1F. The highest BCUT2D eigenvalue weighted by Gasteiger charge is 2.23. The van der Waals surface area contributed by atoms with Gasteiger partial charge in [0.25, 0.3) is 0 Å². The van der Waals surface area contributed by atoms with Crippen LogP contribution in [0.2, 0.25) is 0 Å². The fourth-order valence-electron chi connectivity index (χ4n) is 3.84. The first-order valence-electron chi connectivity index (χ1n) is 12.4. The minimum absolute atomic E-state index is 0.00152. The van der Waals surface area contributed by atoms with Crippen LogP contribution in [0.3, 0.4) is 0 Å². The molecule has 1 atom stereocenters. The Bertz CT molecular complexity index is 1280. The maximum atomic E-state index is 14.0. The Labute approximate surface area is 225 Å². The smallest absolute Gasteiger partial charge is 0.412 e. The zero-order valence-electron chi connectivity index (χ0n) is 22.0. The van der Waals surface area contributed by atoms with Crippen LogP contribution in [0, 0.1) is 18.6 Å². The van der Waals surface area contributed by atoms with Crippen LogP contribution in [-0.4, -0.2) is 54.8 Å². The van der Waals surface area contributed by atoms with Crippen LogP contribution in [-0.2, 0) is 25.5 Å². The van der Waals surface area contributed by atoms with E-state index in [0.29, 0.717) is 18.6 Å². The Kier molecular flexibility index (Phi) is 10.5. The summed E-state index contributed by atoms with van der Waals surface area (Å²) in [7, 11) is 2.81. The van der Waals surface area contributed by atoms with Crippen molar-refractivity contribution in [2.75, 3.05) is 26.1 Å². The summed E-state index contributed by atoms with van der Waals surface area (Å²) in [5, 5.41) is 6.32. The van der Waals surface area contributed by atoms with Gasteiger partial charge in [0, 0.05) is 31.5 Å². The summed E-state index contributed by atoms with van der Waals surface area (Å²) in [5.41, 5.74) is 1.97. The second-order valence-electron chi connectivity index (χ2n) is 9.01. The van der Waals surface area contributed by atoms with Gasteiger partial charge in [-0.25, -0.2) is 13.6 Å². The number of nitrogens with one attached hydrogen (secondary N) is 1. The molecule has 0 unspecified atom stereocenters. The van der Waals surface area contributed by atoms with Gasteiger partial charge >= 0.3 is 12.1 Å². The zero-order chi connectivity index (χ0) is 28.4. The van der Waals surface area contributed by atoms with Gasteiger partial charge in [-0.05, 0) is 37.8 Å². The molecule has 0 bridgehead atoms. The average Bonchev–Trinajstić information content (AvgIpc) is 3.39. The standard InChI is InChI=1S/C28H31F2N3O6/c1-18-10-12-19(13-11-18)23-16-24(32-39-23)31-28(36)38-17-21(7-5-9-26(35)37-3)33(2)25(34)15-14-20-6-4-8-22(29)27(20)30/h4,6,8,10-13,16,21H,5,7,9,14-15,17H2,1-3H3,(H,31,32,36)/t21-/m0/s1. The average molecular weight is 544 g/mol. The highest BCUT2D eigenvalue weighted by atomic mass is 19.2. The Balaban J connectivity index is 1.58. The summed E-state index contributed by atoms with van der Waals surface area (Å²) in [4.78, 5) is 38.2. The number of nitrogens with zero attached hydrogens (tertiary/aromatic N) is 2. The number of hydrogen-bond acceptors (Lipinski definition) is 7. The number of aryl methyl sites for hydroxylation is 2. The number of carbonyl (C=O) groups excluding carboxylic acids is 3. The van der Waals surface area contributed by atoms with Crippen molar-refractivity contribution in [3.05, 3.63) is 71.3 Å². The van der Waals surface area contributed by atoms with Crippen molar-refractivity contribution in [2.45, 2.75) is 45.1 Å². The second-order valence-corrected chi connectivity index (χ2v) is 9.01. The van der Waals surface area contributed by atoms with E-state index < -0.39 is 29.7 Å². The van der Waals surface area contributed by atoms with Crippen LogP contribution in [0.1, 0.15) is 36.8 Å². The first-order valence-corrected chi connectivity index (χ1v) is 12.4. The number of benzene rings is 2. The molecule has 0 fully saturated rings. The van der Waals surface area contributed by atoms with E-state index in [0.717, 1.165) is 17.2 Å². The van der Waals surface area contributed by atoms with Crippen LogP contribution < -0.4 is 5.32 Å². The Morgan fingerprint density at radius 3 is 2.56 bits per heavy atom. The van der Waals surface area contributed by atoms with E-state index in [4.69, 9.17) is 9.26 Å². The summed E-state index contributed by atoms with van der Waals surface area (Å²) in [6.07, 6.45) is -0.0617. The van der Waals surface area contributed by atoms with Gasteiger partial charge < -0.3 is 18.9 Å². The van der Waals surface area contributed by atoms with Gasteiger partial charge in [0.1, 0.15) is 6.61 Å². The van der Waals surface area contributed by atoms with E-state index in [1.807, 2.05) is 31.2 Å². The summed E-state index contributed by atoms with van der Waals surface area (Å²) < 4.78 is 42.7. The lowest BCUT2D eigenvalue weighted by atomic mass is 10.1. The fourth-order valence-corrected chi connectivity index (χ4v) is 3.84. The molecule has 3 aromatic rings. The number of anilines is 1. The molecule has 1 aromatic heterocycles. The number of aromatic nitrogens is 1. The molecule has 0 radical (unpaired) electrons. The Morgan fingerprint density at radius 1 is 1.10 bits per heavy atom.